The largest absolute Gasteiger partial charge is 0.378 e. The Morgan fingerprint density at radius 1 is 0.968 bits per heavy atom. The zero-order chi connectivity index (χ0) is 21.6. The van der Waals surface area contributed by atoms with Crippen LogP contribution in [0.3, 0.4) is 0 Å². The van der Waals surface area contributed by atoms with Crippen LogP contribution in [-0.4, -0.2) is 85.5 Å². The van der Waals surface area contributed by atoms with Crippen LogP contribution >= 0.6 is 11.3 Å². The summed E-state index contributed by atoms with van der Waals surface area (Å²) in [4.78, 5) is 32.4. The van der Waals surface area contributed by atoms with E-state index in [9.17, 15) is 14.0 Å². The van der Waals surface area contributed by atoms with Gasteiger partial charge < -0.3 is 14.5 Å². The highest BCUT2D eigenvalue weighted by Gasteiger charge is 2.24. The first-order valence-electron chi connectivity index (χ1n) is 10.5. The molecule has 4 rings (SSSR count). The van der Waals surface area contributed by atoms with Crippen molar-refractivity contribution in [2.24, 2.45) is 0 Å². The summed E-state index contributed by atoms with van der Waals surface area (Å²) in [5, 5.41) is 0. The van der Waals surface area contributed by atoms with E-state index in [0.717, 1.165) is 9.75 Å². The summed E-state index contributed by atoms with van der Waals surface area (Å²) in [6.45, 7) is 5.49. The number of halogens is 1. The number of morpholine rings is 1. The second kappa shape index (κ2) is 10.2. The fourth-order valence-corrected chi connectivity index (χ4v) is 4.68. The zero-order valence-electron chi connectivity index (χ0n) is 17.3. The first-order chi connectivity index (χ1) is 15.1. The lowest BCUT2D eigenvalue weighted by molar-refractivity contribution is -0.137. The standard InChI is InChI=1S/C23H26FN3O3S/c24-20-4-2-1-3-19(20)21-7-5-18(31-21)6-8-22(28)26-11-9-25(10-12-26)17-23(29)27-13-15-30-16-14-27/h1-8H,9-17H2. The second-order valence-corrected chi connectivity index (χ2v) is 8.73. The van der Waals surface area contributed by atoms with Gasteiger partial charge >= 0.3 is 0 Å². The maximum atomic E-state index is 14.0. The van der Waals surface area contributed by atoms with Gasteiger partial charge in [-0.1, -0.05) is 18.2 Å². The number of thiophene rings is 1. The number of carbonyl (C=O) groups is 2. The molecule has 0 N–H and O–H groups in total. The molecule has 0 bridgehead atoms. The van der Waals surface area contributed by atoms with Gasteiger partial charge in [0.1, 0.15) is 5.82 Å². The van der Waals surface area contributed by atoms with Crippen molar-refractivity contribution in [1.29, 1.82) is 0 Å². The number of hydrogen-bond acceptors (Lipinski definition) is 5. The molecule has 2 aromatic rings. The van der Waals surface area contributed by atoms with Gasteiger partial charge in [0.15, 0.2) is 0 Å². The summed E-state index contributed by atoms with van der Waals surface area (Å²) in [6, 6.07) is 10.4. The van der Waals surface area contributed by atoms with Gasteiger partial charge in [-0.3, -0.25) is 14.5 Å². The van der Waals surface area contributed by atoms with E-state index < -0.39 is 0 Å². The number of ether oxygens (including phenoxy) is 1. The van der Waals surface area contributed by atoms with Crippen molar-refractivity contribution in [3.8, 4) is 10.4 Å². The number of piperazine rings is 1. The van der Waals surface area contributed by atoms with E-state index in [4.69, 9.17) is 4.74 Å². The lowest BCUT2D eigenvalue weighted by Crippen LogP contribution is -2.52. The minimum atomic E-state index is -0.249. The van der Waals surface area contributed by atoms with Crippen molar-refractivity contribution in [3.05, 3.63) is 53.2 Å². The number of amides is 2. The van der Waals surface area contributed by atoms with Gasteiger partial charge in [0.25, 0.3) is 0 Å². The van der Waals surface area contributed by atoms with E-state index >= 15 is 0 Å². The molecule has 0 atom stereocenters. The Labute approximate surface area is 185 Å². The van der Waals surface area contributed by atoms with Crippen molar-refractivity contribution in [2.75, 3.05) is 59.0 Å². The monoisotopic (exact) mass is 443 g/mol. The van der Waals surface area contributed by atoms with Gasteiger partial charge in [-0.05, 0) is 24.3 Å². The summed E-state index contributed by atoms with van der Waals surface area (Å²) in [7, 11) is 0. The van der Waals surface area contributed by atoms with Crippen LogP contribution in [-0.2, 0) is 14.3 Å². The minimum absolute atomic E-state index is 0.0417. The Morgan fingerprint density at radius 3 is 2.45 bits per heavy atom. The maximum Gasteiger partial charge on any atom is 0.246 e. The predicted octanol–water partition coefficient (Wildman–Crippen LogP) is 2.57. The Balaban J connectivity index is 1.26. The third-order valence-corrected chi connectivity index (χ3v) is 6.65. The predicted molar refractivity (Wildman–Crippen MR) is 119 cm³/mol. The van der Waals surface area contributed by atoms with Crippen LogP contribution in [0.15, 0.2) is 42.5 Å². The highest BCUT2D eigenvalue weighted by Crippen LogP contribution is 2.30. The van der Waals surface area contributed by atoms with Crippen molar-refractivity contribution in [2.45, 2.75) is 0 Å². The van der Waals surface area contributed by atoms with Gasteiger partial charge in [-0.25, -0.2) is 4.39 Å². The number of nitrogens with zero attached hydrogens (tertiary/aromatic N) is 3. The van der Waals surface area contributed by atoms with Gasteiger partial charge in [0, 0.05) is 60.7 Å². The van der Waals surface area contributed by atoms with Crippen LogP contribution in [0.2, 0.25) is 0 Å². The summed E-state index contributed by atoms with van der Waals surface area (Å²) < 4.78 is 19.2. The fourth-order valence-electron chi connectivity index (χ4n) is 3.74. The summed E-state index contributed by atoms with van der Waals surface area (Å²) in [5.74, 6) is -0.160. The molecule has 0 radical (unpaired) electrons. The summed E-state index contributed by atoms with van der Waals surface area (Å²) in [5.41, 5.74) is 0.571. The first-order valence-corrected chi connectivity index (χ1v) is 11.3. The van der Waals surface area contributed by atoms with E-state index in [1.807, 2.05) is 23.1 Å². The molecule has 2 aliphatic rings. The van der Waals surface area contributed by atoms with Crippen LogP contribution in [0.1, 0.15) is 4.88 Å². The highest BCUT2D eigenvalue weighted by atomic mass is 32.1. The Hall–Kier alpha value is -2.55. The van der Waals surface area contributed by atoms with E-state index in [2.05, 4.69) is 4.90 Å². The lowest BCUT2D eigenvalue weighted by Gasteiger charge is -2.35. The first kappa shape index (κ1) is 21.7. The highest BCUT2D eigenvalue weighted by molar-refractivity contribution is 7.16. The van der Waals surface area contributed by atoms with Crippen LogP contribution < -0.4 is 0 Å². The van der Waals surface area contributed by atoms with Crippen LogP contribution in [0.4, 0.5) is 4.39 Å². The fraction of sp³-hybridized carbons (Fsp3) is 0.391. The molecule has 0 spiro atoms. The SMILES string of the molecule is O=C(C=Cc1ccc(-c2ccccc2F)s1)N1CCN(CC(=O)N2CCOCC2)CC1. The number of rotatable bonds is 5. The van der Waals surface area contributed by atoms with Gasteiger partial charge in [0.2, 0.25) is 11.8 Å². The molecule has 2 aliphatic heterocycles. The quantitative estimate of drug-likeness (QED) is 0.667. The van der Waals surface area contributed by atoms with E-state index in [-0.39, 0.29) is 17.6 Å². The molecule has 2 saturated heterocycles. The molecule has 1 aromatic carbocycles. The van der Waals surface area contributed by atoms with Crippen LogP contribution in [0.25, 0.3) is 16.5 Å². The normalized spacial score (nSPS) is 18.0. The number of carbonyl (C=O) groups excluding carboxylic acids is 2. The number of benzene rings is 1. The molecule has 0 saturated carbocycles. The average molecular weight is 444 g/mol. The maximum absolute atomic E-state index is 14.0. The molecule has 6 nitrogen and oxygen atoms in total. The molecule has 3 heterocycles. The second-order valence-electron chi connectivity index (χ2n) is 7.61. The Bertz CT molecular complexity index is 947. The van der Waals surface area contributed by atoms with Crippen molar-refractivity contribution >= 4 is 29.2 Å². The summed E-state index contributed by atoms with van der Waals surface area (Å²) >= 11 is 1.45. The molecule has 164 valence electrons. The summed E-state index contributed by atoms with van der Waals surface area (Å²) in [6.07, 6.45) is 3.36. The molecule has 2 fully saturated rings. The Morgan fingerprint density at radius 2 is 1.71 bits per heavy atom. The average Bonchev–Trinajstić information content (AvgIpc) is 3.27. The van der Waals surface area contributed by atoms with E-state index in [0.29, 0.717) is 64.6 Å². The van der Waals surface area contributed by atoms with Gasteiger partial charge in [-0.2, -0.15) is 0 Å². The third-order valence-electron chi connectivity index (χ3n) is 5.56. The van der Waals surface area contributed by atoms with Crippen molar-refractivity contribution in [1.82, 2.24) is 14.7 Å². The Kier molecular flexibility index (Phi) is 7.11. The molecule has 1 aromatic heterocycles. The van der Waals surface area contributed by atoms with Gasteiger partial charge in [-0.15, -0.1) is 11.3 Å². The van der Waals surface area contributed by atoms with Crippen molar-refractivity contribution < 1.29 is 18.7 Å². The lowest BCUT2D eigenvalue weighted by atomic mass is 10.2. The molecule has 8 heteroatoms. The molecular weight excluding hydrogens is 417 g/mol. The van der Waals surface area contributed by atoms with Crippen molar-refractivity contribution in [3.63, 3.8) is 0 Å². The molecule has 2 amide bonds. The van der Waals surface area contributed by atoms with E-state index in [1.54, 1.807) is 29.2 Å². The van der Waals surface area contributed by atoms with Crippen LogP contribution in [0, 0.1) is 5.82 Å². The van der Waals surface area contributed by atoms with Crippen LogP contribution in [0.5, 0.6) is 0 Å². The smallest absolute Gasteiger partial charge is 0.246 e. The molecular formula is C23H26FN3O3S. The molecule has 0 unspecified atom stereocenters. The minimum Gasteiger partial charge on any atom is -0.378 e. The van der Waals surface area contributed by atoms with Gasteiger partial charge in [0.05, 0.1) is 19.8 Å². The molecule has 31 heavy (non-hydrogen) atoms. The van der Waals surface area contributed by atoms with E-state index in [1.165, 1.54) is 17.4 Å². The third kappa shape index (κ3) is 5.58. The molecule has 0 aliphatic carbocycles. The zero-order valence-corrected chi connectivity index (χ0v) is 18.2. The number of hydrogen-bond donors (Lipinski definition) is 0. The topological polar surface area (TPSA) is 53.1 Å².